The highest BCUT2D eigenvalue weighted by Gasteiger charge is 2.32. The Balaban J connectivity index is 1.60. The van der Waals surface area contributed by atoms with Gasteiger partial charge < -0.3 is 11.1 Å². The monoisotopic (exact) mass is 354 g/mol. The largest absolute Gasteiger partial charge is 0.326 e. The van der Waals surface area contributed by atoms with Crippen molar-refractivity contribution in [3.63, 3.8) is 0 Å². The maximum Gasteiger partial charge on any atom is 0.269 e. The molecule has 26 heavy (non-hydrogen) atoms. The number of nitrogens with two attached hydrogens (primary N) is 1. The zero-order valence-electron chi connectivity index (χ0n) is 14.6. The van der Waals surface area contributed by atoms with Gasteiger partial charge in [-0.3, -0.25) is 19.8 Å². The van der Waals surface area contributed by atoms with Crippen LogP contribution in [-0.4, -0.2) is 41.4 Å². The summed E-state index contributed by atoms with van der Waals surface area (Å²) >= 11 is 0. The van der Waals surface area contributed by atoms with Crippen LogP contribution < -0.4 is 11.1 Å². The Morgan fingerprint density at radius 3 is 2.65 bits per heavy atom. The summed E-state index contributed by atoms with van der Waals surface area (Å²) < 4.78 is 0. The smallest absolute Gasteiger partial charge is 0.269 e. The maximum absolute atomic E-state index is 12.4. The molecule has 1 aliphatic rings. The van der Waals surface area contributed by atoms with Gasteiger partial charge in [-0.2, -0.15) is 0 Å². The van der Waals surface area contributed by atoms with Gasteiger partial charge in [0.1, 0.15) is 0 Å². The molecule has 1 heterocycles. The SMILES string of the molecule is Cc1cc([N+](=O)[O-])ccc1NC(=O)CN1C[C@@H](N)[C@H](c2ccccc2)C1. The molecule has 0 radical (unpaired) electrons. The van der Waals surface area contributed by atoms with Crippen LogP contribution in [0.4, 0.5) is 11.4 Å². The zero-order chi connectivity index (χ0) is 18.7. The van der Waals surface area contributed by atoms with E-state index in [0.717, 1.165) is 6.54 Å². The topological polar surface area (TPSA) is 102 Å². The summed E-state index contributed by atoms with van der Waals surface area (Å²) in [6.45, 7) is 3.37. The molecular formula is C19H22N4O3. The Kier molecular flexibility index (Phi) is 5.29. The van der Waals surface area contributed by atoms with E-state index in [1.54, 1.807) is 13.0 Å². The molecule has 1 saturated heterocycles. The normalized spacial score (nSPS) is 20.1. The number of amides is 1. The number of hydrogen-bond acceptors (Lipinski definition) is 5. The van der Waals surface area contributed by atoms with Gasteiger partial charge in [-0.05, 0) is 24.1 Å². The van der Waals surface area contributed by atoms with Crippen LogP contribution in [0.15, 0.2) is 48.5 Å². The Hall–Kier alpha value is -2.77. The minimum Gasteiger partial charge on any atom is -0.326 e. The van der Waals surface area contributed by atoms with Crippen molar-refractivity contribution in [2.24, 2.45) is 5.73 Å². The van der Waals surface area contributed by atoms with Gasteiger partial charge in [0, 0.05) is 42.9 Å². The predicted molar refractivity (Wildman–Crippen MR) is 100 cm³/mol. The van der Waals surface area contributed by atoms with Gasteiger partial charge in [-0.1, -0.05) is 30.3 Å². The van der Waals surface area contributed by atoms with Crippen molar-refractivity contribution in [2.75, 3.05) is 25.0 Å². The number of hydrogen-bond donors (Lipinski definition) is 2. The van der Waals surface area contributed by atoms with Crippen molar-refractivity contribution >= 4 is 17.3 Å². The number of anilines is 1. The third-order valence-corrected chi connectivity index (χ3v) is 4.73. The van der Waals surface area contributed by atoms with E-state index in [9.17, 15) is 14.9 Å². The molecule has 3 N–H and O–H groups in total. The van der Waals surface area contributed by atoms with Gasteiger partial charge >= 0.3 is 0 Å². The second-order valence-electron chi connectivity index (χ2n) is 6.68. The molecule has 0 aromatic heterocycles. The van der Waals surface area contributed by atoms with Crippen molar-refractivity contribution in [1.29, 1.82) is 0 Å². The molecule has 0 saturated carbocycles. The second-order valence-corrected chi connectivity index (χ2v) is 6.68. The highest BCUT2D eigenvalue weighted by atomic mass is 16.6. The summed E-state index contributed by atoms with van der Waals surface area (Å²) in [4.78, 5) is 24.7. The number of nitro benzene ring substituents is 1. The van der Waals surface area contributed by atoms with E-state index >= 15 is 0 Å². The molecule has 136 valence electrons. The second kappa shape index (κ2) is 7.63. The average Bonchev–Trinajstić information content (AvgIpc) is 2.97. The summed E-state index contributed by atoms with van der Waals surface area (Å²) in [6.07, 6.45) is 0. The summed E-state index contributed by atoms with van der Waals surface area (Å²) in [5, 5.41) is 13.6. The first-order chi connectivity index (χ1) is 12.4. The fourth-order valence-electron chi connectivity index (χ4n) is 3.39. The van der Waals surface area contributed by atoms with Gasteiger partial charge in [-0.25, -0.2) is 0 Å². The number of carbonyl (C=O) groups excluding carboxylic acids is 1. The van der Waals surface area contributed by atoms with Gasteiger partial charge in [0.25, 0.3) is 5.69 Å². The molecule has 1 fully saturated rings. The van der Waals surface area contributed by atoms with E-state index < -0.39 is 4.92 Å². The van der Waals surface area contributed by atoms with Crippen LogP contribution in [0.2, 0.25) is 0 Å². The van der Waals surface area contributed by atoms with Crippen molar-refractivity contribution in [3.8, 4) is 0 Å². The molecular weight excluding hydrogens is 332 g/mol. The molecule has 3 rings (SSSR count). The van der Waals surface area contributed by atoms with Crippen LogP contribution >= 0.6 is 0 Å². The lowest BCUT2D eigenvalue weighted by Crippen LogP contribution is -2.33. The molecule has 2 aromatic rings. The van der Waals surface area contributed by atoms with Gasteiger partial charge in [0.2, 0.25) is 5.91 Å². The zero-order valence-corrected chi connectivity index (χ0v) is 14.6. The molecule has 1 amide bonds. The van der Waals surface area contributed by atoms with Gasteiger partial charge in [-0.15, -0.1) is 0 Å². The first-order valence-corrected chi connectivity index (χ1v) is 8.52. The Morgan fingerprint density at radius 1 is 1.27 bits per heavy atom. The molecule has 1 aliphatic heterocycles. The predicted octanol–water partition coefficient (Wildman–Crippen LogP) is 2.27. The van der Waals surface area contributed by atoms with E-state index in [1.807, 2.05) is 23.1 Å². The van der Waals surface area contributed by atoms with Crippen LogP contribution in [0.25, 0.3) is 0 Å². The lowest BCUT2D eigenvalue weighted by atomic mass is 9.95. The maximum atomic E-state index is 12.4. The van der Waals surface area contributed by atoms with E-state index in [4.69, 9.17) is 5.73 Å². The van der Waals surface area contributed by atoms with E-state index in [1.165, 1.54) is 17.7 Å². The Morgan fingerprint density at radius 2 is 2.00 bits per heavy atom. The minimum atomic E-state index is -0.450. The Labute approximate surface area is 152 Å². The number of carbonyl (C=O) groups is 1. The van der Waals surface area contributed by atoms with Crippen LogP contribution in [0.3, 0.4) is 0 Å². The summed E-state index contributed by atoms with van der Waals surface area (Å²) in [7, 11) is 0. The quantitative estimate of drug-likeness (QED) is 0.633. The van der Waals surface area contributed by atoms with Gasteiger partial charge in [0.15, 0.2) is 0 Å². The number of nitro groups is 1. The highest BCUT2D eigenvalue weighted by Crippen LogP contribution is 2.26. The molecule has 0 bridgehead atoms. The lowest BCUT2D eigenvalue weighted by molar-refractivity contribution is -0.384. The van der Waals surface area contributed by atoms with Crippen LogP contribution in [0.1, 0.15) is 17.0 Å². The fraction of sp³-hybridized carbons (Fsp3) is 0.316. The summed E-state index contributed by atoms with van der Waals surface area (Å²) in [5.41, 5.74) is 8.71. The number of non-ortho nitro benzene ring substituents is 1. The van der Waals surface area contributed by atoms with Crippen molar-refractivity contribution in [3.05, 3.63) is 69.8 Å². The number of rotatable bonds is 5. The molecule has 2 aromatic carbocycles. The number of nitrogens with one attached hydrogen (secondary N) is 1. The van der Waals surface area contributed by atoms with Crippen LogP contribution in [0, 0.1) is 17.0 Å². The molecule has 7 heteroatoms. The van der Waals surface area contributed by atoms with Crippen LogP contribution in [0.5, 0.6) is 0 Å². The first kappa shape index (κ1) is 18.0. The van der Waals surface area contributed by atoms with E-state index in [0.29, 0.717) is 17.8 Å². The molecule has 0 unspecified atom stereocenters. The minimum absolute atomic E-state index is 0.00805. The third-order valence-electron chi connectivity index (χ3n) is 4.73. The molecule has 0 spiro atoms. The summed E-state index contributed by atoms with van der Waals surface area (Å²) in [5.74, 6) is 0.0629. The molecule has 7 nitrogen and oxygen atoms in total. The fourth-order valence-corrected chi connectivity index (χ4v) is 3.39. The van der Waals surface area contributed by atoms with Crippen molar-refractivity contribution < 1.29 is 9.72 Å². The van der Waals surface area contributed by atoms with Crippen LogP contribution in [-0.2, 0) is 4.79 Å². The Bertz CT molecular complexity index is 810. The summed E-state index contributed by atoms with van der Waals surface area (Å²) in [6, 6.07) is 14.5. The highest BCUT2D eigenvalue weighted by molar-refractivity contribution is 5.93. The van der Waals surface area contributed by atoms with Crippen molar-refractivity contribution in [1.82, 2.24) is 4.90 Å². The van der Waals surface area contributed by atoms with Gasteiger partial charge in [0.05, 0.1) is 11.5 Å². The van der Waals surface area contributed by atoms with E-state index in [-0.39, 0.29) is 30.1 Å². The third kappa shape index (κ3) is 4.07. The number of aryl methyl sites for hydroxylation is 1. The number of nitrogens with zero attached hydrogens (tertiary/aromatic N) is 2. The molecule has 0 aliphatic carbocycles. The van der Waals surface area contributed by atoms with E-state index in [2.05, 4.69) is 17.4 Å². The number of likely N-dealkylation sites (tertiary alicyclic amines) is 1. The first-order valence-electron chi connectivity index (χ1n) is 8.52. The molecule has 2 atom stereocenters. The lowest BCUT2D eigenvalue weighted by Gasteiger charge is -2.16. The van der Waals surface area contributed by atoms with Crippen molar-refractivity contribution in [2.45, 2.75) is 18.9 Å². The number of benzene rings is 2. The average molecular weight is 354 g/mol. The standard InChI is InChI=1S/C19H22N4O3/c1-13-9-15(23(25)26)7-8-18(13)21-19(24)12-22-10-16(17(20)11-22)14-5-3-2-4-6-14/h2-9,16-17H,10-12,20H2,1H3,(H,21,24)/t16-,17+/m0/s1.